The summed E-state index contributed by atoms with van der Waals surface area (Å²) in [6.07, 6.45) is 3.62. The highest BCUT2D eigenvalue weighted by Gasteiger charge is 2.35. The second-order valence-electron chi connectivity index (χ2n) is 9.58. The number of carbonyl (C=O) groups is 1. The van der Waals surface area contributed by atoms with Crippen molar-refractivity contribution in [2.24, 2.45) is 0 Å². The molecular weight excluding hydrogens is 497 g/mol. The number of aromatic nitrogens is 1. The van der Waals surface area contributed by atoms with Gasteiger partial charge in [0.1, 0.15) is 11.6 Å². The van der Waals surface area contributed by atoms with Crippen molar-refractivity contribution in [3.63, 3.8) is 0 Å². The molecule has 2 aromatic carbocycles. The van der Waals surface area contributed by atoms with Gasteiger partial charge in [-0.3, -0.25) is 4.79 Å². The van der Waals surface area contributed by atoms with Crippen molar-refractivity contribution in [1.29, 1.82) is 0 Å². The van der Waals surface area contributed by atoms with Crippen LogP contribution in [0.1, 0.15) is 32.3 Å². The summed E-state index contributed by atoms with van der Waals surface area (Å²) in [6, 6.07) is 14.9. The van der Waals surface area contributed by atoms with Crippen molar-refractivity contribution >= 4 is 40.6 Å². The third-order valence-corrected chi connectivity index (χ3v) is 7.49. The molecule has 1 aliphatic rings. The Hall–Kier alpha value is -2.80. The van der Waals surface area contributed by atoms with Crippen LogP contribution in [0.25, 0.3) is 11.1 Å². The van der Waals surface area contributed by atoms with Gasteiger partial charge in [0.25, 0.3) is 0 Å². The molecule has 1 aromatic heterocycles. The fourth-order valence-corrected chi connectivity index (χ4v) is 5.24. The summed E-state index contributed by atoms with van der Waals surface area (Å²) in [5, 5.41) is 10.9. The lowest BCUT2D eigenvalue weighted by atomic mass is 9.83. The SMILES string of the molecule is COc1cc(Cl)cc(C(C)(C)C(=O)N(C)c2cnc(N3CCCC3CO)cc2-c2ccccc2Cl)c1. The van der Waals surface area contributed by atoms with Crippen LogP contribution in [0.4, 0.5) is 11.5 Å². The molecule has 1 amide bonds. The second-order valence-corrected chi connectivity index (χ2v) is 10.4. The lowest BCUT2D eigenvalue weighted by Crippen LogP contribution is -2.42. The molecule has 2 heterocycles. The maximum Gasteiger partial charge on any atom is 0.236 e. The van der Waals surface area contributed by atoms with E-state index in [0.717, 1.165) is 41.9 Å². The highest BCUT2D eigenvalue weighted by molar-refractivity contribution is 6.33. The van der Waals surface area contributed by atoms with Crippen LogP contribution in [0.2, 0.25) is 10.0 Å². The van der Waals surface area contributed by atoms with E-state index in [1.165, 1.54) is 0 Å². The molecule has 6 nitrogen and oxygen atoms in total. The Bertz CT molecular complexity index is 1260. The first kappa shape index (κ1) is 26.3. The molecule has 0 aliphatic carbocycles. The topological polar surface area (TPSA) is 65.9 Å². The number of anilines is 2. The van der Waals surface area contributed by atoms with Crippen LogP contribution in [-0.2, 0) is 10.2 Å². The van der Waals surface area contributed by atoms with Crippen LogP contribution in [-0.4, -0.2) is 49.3 Å². The zero-order valence-electron chi connectivity index (χ0n) is 21.0. The van der Waals surface area contributed by atoms with Gasteiger partial charge in [0.15, 0.2) is 0 Å². The fraction of sp³-hybridized carbons (Fsp3) is 0.357. The van der Waals surface area contributed by atoms with Crippen molar-refractivity contribution < 1.29 is 14.6 Å². The Labute approximate surface area is 222 Å². The number of methoxy groups -OCH3 is 1. The van der Waals surface area contributed by atoms with Crippen molar-refractivity contribution in [2.45, 2.75) is 38.1 Å². The minimum atomic E-state index is -0.902. The van der Waals surface area contributed by atoms with Gasteiger partial charge < -0.3 is 19.6 Å². The summed E-state index contributed by atoms with van der Waals surface area (Å²) in [7, 11) is 3.32. The molecule has 36 heavy (non-hydrogen) atoms. The van der Waals surface area contributed by atoms with Gasteiger partial charge in [-0.05, 0) is 62.6 Å². The minimum Gasteiger partial charge on any atom is -0.497 e. The molecule has 1 unspecified atom stereocenters. The van der Waals surface area contributed by atoms with Gasteiger partial charge in [-0.15, -0.1) is 0 Å². The summed E-state index contributed by atoms with van der Waals surface area (Å²) in [4.78, 5) is 22.4. The number of rotatable bonds is 7. The number of nitrogens with zero attached hydrogens (tertiary/aromatic N) is 3. The highest BCUT2D eigenvalue weighted by Crippen LogP contribution is 2.40. The van der Waals surface area contributed by atoms with Crippen LogP contribution < -0.4 is 14.5 Å². The van der Waals surface area contributed by atoms with E-state index in [0.29, 0.717) is 21.5 Å². The summed E-state index contributed by atoms with van der Waals surface area (Å²) in [5.74, 6) is 1.21. The number of hydrogen-bond donors (Lipinski definition) is 1. The van der Waals surface area contributed by atoms with Crippen LogP contribution >= 0.6 is 23.2 Å². The van der Waals surface area contributed by atoms with Crippen molar-refractivity contribution in [1.82, 2.24) is 4.98 Å². The molecule has 3 aromatic rings. The molecule has 0 radical (unpaired) electrons. The molecular formula is C28H31Cl2N3O3. The van der Waals surface area contributed by atoms with E-state index in [1.807, 2.05) is 50.2 Å². The molecule has 0 bridgehead atoms. The molecule has 0 saturated carbocycles. The van der Waals surface area contributed by atoms with Gasteiger partial charge in [0, 0.05) is 34.8 Å². The van der Waals surface area contributed by atoms with Crippen LogP contribution in [0.5, 0.6) is 5.75 Å². The van der Waals surface area contributed by atoms with Crippen LogP contribution in [0.3, 0.4) is 0 Å². The van der Waals surface area contributed by atoms with E-state index in [-0.39, 0.29) is 18.6 Å². The first-order valence-corrected chi connectivity index (χ1v) is 12.7. The lowest BCUT2D eigenvalue weighted by molar-refractivity contribution is -0.122. The summed E-state index contributed by atoms with van der Waals surface area (Å²) in [6.45, 7) is 4.62. The van der Waals surface area contributed by atoms with Crippen molar-refractivity contribution in [2.75, 3.05) is 37.1 Å². The number of likely N-dealkylation sites (N-methyl/N-ethyl adjacent to an activating group) is 1. The Kier molecular flexibility index (Phi) is 7.79. The average molecular weight is 528 g/mol. The molecule has 8 heteroatoms. The molecule has 1 fully saturated rings. The van der Waals surface area contributed by atoms with Gasteiger partial charge in [-0.25, -0.2) is 4.98 Å². The van der Waals surface area contributed by atoms with E-state index < -0.39 is 5.41 Å². The Morgan fingerprint density at radius 1 is 1.19 bits per heavy atom. The molecule has 1 N–H and O–H groups in total. The molecule has 0 spiro atoms. The normalized spacial score (nSPS) is 15.8. The highest BCUT2D eigenvalue weighted by atomic mass is 35.5. The van der Waals surface area contributed by atoms with E-state index in [4.69, 9.17) is 32.9 Å². The average Bonchev–Trinajstić information content (AvgIpc) is 3.36. The quantitative estimate of drug-likeness (QED) is 0.410. The number of aliphatic hydroxyl groups is 1. The van der Waals surface area contributed by atoms with Crippen molar-refractivity contribution in [3.05, 3.63) is 70.3 Å². The first-order valence-electron chi connectivity index (χ1n) is 11.9. The zero-order chi connectivity index (χ0) is 26.0. The summed E-state index contributed by atoms with van der Waals surface area (Å²) < 4.78 is 5.37. The molecule has 190 valence electrons. The number of hydrogen-bond acceptors (Lipinski definition) is 5. The molecule has 1 atom stereocenters. The molecule has 4 rings (SSSR count). The van der Waals surface area contributed by atoms with Gasteiger partial charge >= 0.3 is 0 Å². The van der Waals surface area contributed by atoms with Crippen LogP contribution in [0, 0.1) is 0 Å². The van der Waals surface area contributed by atoms with Gasteiger partial charge in [0.2, 0.25) is 5.91 Å². The zero-order valence-corrected chi connectivity index (χ0v) is 22.5. The number of pyridine rings is 1. The first-order chi connectivity index (χ1) is 17.2. The van der Waals surface area contributed by atoms with E-state index in [9.17, 15) is 9.90 Å². The van der Waals surface area contributed by atoms with Gasteiger partial charge in [-0.1, -0.05) is 41.4 Å². The predicted octanol–water partition coefficient (Wildman–Crippen LogP) is 5.97. The number of ether oxygens (including phenoxy) is 1. The minimum absolute atomic E-state index is 0.0264. The maximum atomic E-state index is 13.9. The third kappa shape index (κ3) is 5.03. The summed E-state index contributed by atoms with van der Waals surface area (Å²) >= 11 is 12.9. The molecule has 1 aliphatic heterocycles. The smallest absolute Gasteiger partial charge is 0.236 e. The second kappa shape index (κ2) is 10.7. The Morgan fingerprint density at radius 2 is 1.94 bits per heavy atom. The van der Waals surface area contributed by atoms with E-state index in [1.54, 1.807) is 37.4 Å². The molecule has 1 saturated heterocycles. The van der Waals surface area contributed by atoms with Gasteiger partial charge in [0.05, 0.1) is 37.1 Å². The third-order valence-electron chi connectivity index (χ3n) is 6.94. The number of halogens is 2. The number of aliphatic hydroxyl groups excluding tert-OH is 1. The van der Waals surface area contributed by atoms with E-state index >= 15 is 0 Å². The van der Waals surface area contributed by atoms with Gasteiger partial charge in [-0.2, -0.15) is 0 Å². The number of carbonyl (C=O) groups excluding carboxylic acids is 1. The maximum absolute atomic E-state index is 13.9. The lowest BCUT2D eigenvalue weighted by Gasteiger charge is -2.32. The largest absolute Gasteiger partial charge is 0.497 e. The summed E-state index contributed by atoms with van der Waals surface area (Å²) in [5.41, 5.74) is 2.08. The van der Waals surface area contributed by atoms with Crippen molar-refractivity contribution in [3.8, 4) is 16.9 Å². The monoisotopic (exact) mass is 527 g/mol. The number of benzene rings is 2. The van der Waals surface area contributed by atoms with E-state index in [2.05, 4.69) is 4.90 Å². The van der Waals surface area contributed by atoms with Crippen LogP contribution in [0.15, 0.2) is 54.7 Å². The Morgan fingerprint density at radius 3 is 2.64 bits per heavy atom. The fourth-order valence-electron chi connectivity index (χ4n) is 4.78. The predicted molar refractivity (Wildman–Crippen MR) is 147 cm³/mol. The number of amides is 1. The Balaban J connectivity index is 1.78. The standard InChI is InChI=1S/C28H31Cl2N3O3/c1-28(2,18-12-19(29)14-21(13-18)36-4)27(35)32(3)25-16-31-26(33-11-7-8-20(33)17-34)15-23(25)22-9-5-6-10-24(22)30/h5-6,9-10,12-16,20,34H,7-8,11,17H2,1-4H3.